The number of hydrogen-bond acceptors (Lipinski definition) is 5. The summed E-state index contributed by atoms with van der Waals surface area (Å²) in [5.74, 6) is 0.0229. The van der Waals surface area contributed by atoms with Crippen LogP contribution in [-0.2, 0) is 19.6 Å². The second-order valence-electron chi connectivity index (χ2n) is 8.04. The number of rotatable bonds is 5. The molecule has 0 unspecified atom stereocenters. The Morgan fingerprint density at radius 2 is 1.69 bits per heavy atom. The maximum Gasteiger partial charge on any atom is 0.223 e. The van der Waals surface area contributed by atoms with Crippen LogP contribution in [0.5, 0.6) is 0 Å². The Bertz CT molecular complexity index is 575. The molecule has 0 aromatic carbocycles. The van der Waals surface area contributed by atoms with Gasteiger partial charge in [0.05, 0.1) is 19.5 Å². The predicted octanol–water partition coefficient (Wildman–Crippen LogP) is 0.809. The van der Waals surface area contributed by atoms with Gasteiger partial charge in [-0.15, -0.1) is 0 Å². The molecule has 0 spiro atoms. The minimum absolute atomic E-state index is 0.0710. The molecule has 3 fully saturated rings. The fourth-order valence-electron chi connectivity index (χ4n) is 4.70. The zero-order valence-electron chi connectivity index (χ0n) is 15.9. The molecule has 26 heavy (non-hydrogen) atoms. The summed E-state index contributed by atoms with van der Waals surface area (Å²) in [6.07, 6.45) is 8.47. The Hall–Kier alpha value is -0.700. The molecule has 1 N–H and O–H groups in total. The lowest BCUT2D eigenvalue weighted by atomic mass is 9.79. The van der Waals surface area contributed by atoms with Gasteiger partial charge in [0.25, 0.3) is 0 Å². The van der Waals surface area contributed by atoms with Gasteiger partial charge in [0.1, 0.15) is 0 Å². The van der Waals surface area contributed by atoms with Gasteiger partial charge >= 0.3 is 0 Å². The molecule has 1 aliphatic carbocycles. The van der Waals surface area contributed by atoms with E-state index in [9.17, 15) is 13.2 Å². The quantitative estimate of drug-likeness (QED) is 0.755. The zero-order valence-corrected chi connectivity index (χ0v) is 16.7. The Kier molecular flexibility index (Phi) is 6.59. The first-order chi connectivity index (χ1) is 12.4. The van der Waals surface area contributed by atoms with Crippen molar-refractivity contribution in [2.45, 2.75) is 50.5 Å². The maximum atomic E-state index is 12.7. The average Bonchev–Trinajstić information content (AvgIpc) is 2.67. The average molecular weight is 388 g/mol. The third-order valence-corrected chi connectivity index (χ3v) is 7.65. The lowest BCUT2D eigenvalue weighted by molar-refractivity contribution is -0.127. The topological polar surface area (TPSA) is 79.0 Å². The van der Waals surface area contributed by atoms with Crippen molar-refractivity contribution in [3.8, 4) is 0 Å². The molecule has 0 aromatic heterocycles. The second-order valence-corrected chi connectivity index (χ2v) is 10.0. The summed E-state index contributed by atoms with van der Waals surface area (Å²) in [4.78, 5) is 15.2. The van der Waals surface area contributed by atoms with Crippen molar-refractivity contribution in [1.82, 2.24) is 14.5 Å². The highest BCUT2D eigenvalue weighted by atomic mass is 32.2. The van der Waals surface area contributed by atoms with Crippen LogP contribution in [0.25, 0.3) is 0 Å². The number of nitrogens with zero attached hydrogens (tertiary/aromatic N) is 2. The Balaban J connectivity index is 1.54. The first-order valence-corrected chi connectivity index (χ1v) is 11.8. The van der Waals surface area contributed by atoms with Gasteiger partial charge in [-0.2, -0.15) is 0 Å². The van der Waals surface area contributed by atoms with Gasteiger partial charge < -0.3 is 10.1 Å². The van der Waals surface area contributed by atoms with Crippen LogP contribution in [0.3, 0.4) is 0 Å². The monoisotopic (exact) mass is 387 g/mol. The largest absolute Gasteiger partial charge is 0.379 e. The van der Waals surface area contributed by atoms with Crippen molar-refractivity contribution in [2.75, 3.05) is 52.2 Å². The lowest BCUT2D eigenvalue weighted by Gasteiger charge is -2.48. The summed E-state index contributed by atoms with van der Waals surface area (Å²) in [7, 11) is -3.15. The molecule has 1 saturated carbocycles. The number of carbonyl (C=O) groups excluding carboxylic acids is 1. The molecule has 0 radical (unpaired) electrons. The molecule has 8 heteroatoms. The van der Waals surface area contributed by atoms with Gasteiger partial charge in [-0.3, -0.25) is 9.69 Å². The van der Waals surface area contributed by atoms with Gasteiger partial charge in [-0.25, -0.2) is 12.7 Å². The van der Waals surface area contributed by atoms with E-state index in [1.165, 1.54) is 29.8 Å². The number of nitrogens with one attached hydrogen (secondary N) is 1. The molecule has 2 saturated heterocycles. The summed E-state index contributed by atoms with van der Waals surface area (Å²) >= 11 is 0. The van der Waals surface area contributed by atoms with E-state index in [2.05, 4.69) is 10.2 Å². The highest BCUT2D eigenvalue weighted by Crippen LogP contribution is 2.34. The van der Waals surface area contributed by atoms with Crippen molar-refractivity contribution in [2.24, 2.45) is 5.92 Å². The van der Waals surface area contributed by atoms with E-state index in [1.807, 2.05) is 0 Å². The fourth-order valence-corrected chi connectivity index (χ4v) is 5.57. The molecular formula is C18H33N3O4S. The smallest absolute Gasteiger partial charge is 0.223 e. The van der Waals surface area contributed by atoms with Crippen LogP contribution in [-0.4, -0.2) is 81.3 Å². The summed E-state index contributed by atoms with van der Waals surface area (Å²) in [5, 5.41) is 3.22. The fraction of sp³-hybridized carbons (Fsp3) is 0.944. The molecule has 0 aromatic rings. The predicted molar refractivity (Wildman–Crippen MR) is 100 cm³/mol. The van der Waals surface area contributed by atoms with E-state index in [-0.39, 0.29) is 17.4 Å². The van der Waals surface area contributed by atoms with Crippen molar-refractivity contribution in [3.63, 3.8) is 0 Å². The van der Waals surface area contributed by atoms with Gasteiger partial charge in [0, 0.05) is 44.2 Å². The van der Waals surface area contributed by atoms with Gasteiger partial charge in [-0.05, 0) is 25.7 Å². The molecule has 150 valence electrons. The van der Waals surface area contributed by atoms with Crippen LogP contribution in [0.1, 0.15) is 44.9 Å². The number of piperidine rings is 1. The molecule has 0 atom stereocenters. The zero-order chi connectivity index (χ0) is 18.6. The van der Waals surface area contributed by atoms with E-state index in [0.717, 1.165) is 39.1 Å². The van der Waals surface area contributed by atoms with Gasteiger partial charge in [0.2, 0.25) is 15.9 Å². The minimum atomic E-state index is -3.15. The molecule has 0 bridgehead atoms. The van der Waals surface area contributed by atoms with E-state index in [0.29, 0.717) is 32.5 Å². The third kappa shape index (κ3) is 4.77. The molecule has 1 amide bonds. The summed E-state index contributed by atoms with van der Waals surface area (Å²) in [5.41, 5.74) is 0.0746. The van der Waals surface area contributed by atoms with E-state index in [4.69, 9.17) is 4.74 Å². The van der Waals surface area contributed by atoms with E-state index < -0.39 is 10.0 Å². The van der Waals surface area contributed by atoms with Crippen LogP contribution >= 0.6 is 0 Å². The van der Waals surface area contributed by atoms with Crippen LogP contribution < -0.4 is 5.32 Å². The first-order valence-electron chi connectivity index (χ1n) is 9.96. The Morgan fingerprint density at radius 3 is 2.27 bits per heavy atom. The van der Waals surface area contributed by atoms with E-state index >= 15 is 0 Å². The number of carbonyl (C=O) groups is 1. The van der Waals surface area contributed by atoms with Crippen molar-refractivity contribution in [3.05, 3.63) is 0 Å². The Labute approximate surface area is 157 Å². The SMILES string of the molecule is CS(=O)(=O)N1CCC(C(=O)NCC2(N3CCOCC3)CCCCC2)CC1. The minimum Gasteiger partial charge on any atom is -0.379 e. The molecule has 3 rings (SSSR count). The maximum absolute atomic E-state index is 12.7. The summed E-state index contributed by atoms with van der Waals surface area (Å²) in [6.45, 7) is 5.06. The van der Waals surface area contributed by atoms with Crippen molar-refractivity contribution >= 4 is 15.9 Å². The summed E-state index contributed by atoms with van der Waals surface area (Å²) < 4.78 is 30.2. The number of sulfonamides is 1. The Morgan fingerprint density at radius 1 is 1.08 bits per heavy atom. The van der Waals surface area contributed by atoms with Crippen LogP contribution in [0.4, 0.5) is 0 Å². The van der Waals surface area contributed by atoms with Crippen LogP contribution in [0, 0.1) is 5.92 Å². The molecule has 2 aliphatic heterocycles. The molecule has 7 nitrogen and oxygen atoms in total. The van der Waals surface area contributed by atoms with Crippen molar-refractivity contribution < 1.29 is 17.9 Å². The summed E-state index contributed by atoms with van der Waals surface area (Å²) in [6, 6.07) is 0. The second kappa shape index (κ2) is 8.54. The lowest BCUT2D eigenvalue weighted by Crippen LogP contribution is -2.60. The van der Waals surface area contributed by atoms with Crippen molar-refractivity contribution in [1.29, 1.82) is 0 Å². The highest BCUT2D eigenvalue weighted by Gasteiger charge is 2.39. The number of ether oxygens (including phenoxy) is 1. The first kappa shape index (κ1) is 20.0. The molecular weight excluding hydrogens is 354 g/mol. The van der Waals surface area contributed by atoms with Crippen LogP contribution in [0.15, 0.2) is 0 Å². The number of morpholine rings is 1. The highest BCUT2D eigenvalue weighted by molar-refractivity contribution is 7.88. The molecule has 3 aliphatic rings. The third-order valence-electron chi connectivity index (χ3n) is 6.35. The van der Waals surface area contributed by atoms with Gasteiger partial charge in [0.15, 0.2) is 0 Å². The van der Waals surface area contributed by atoms with E-state index in [1.54, 1.807) is 0 Å². The molecule has 2 heterocycles. The number of amides is 1. The normalized spacial score (nSPS) is 26.5. The van der Waals surface area contributed by atoms with Crippen LogP contribution in [0.2, 0.25) is 0 Å². The standard InChI is InChI=1S/C18H33N3O4S/c1-26(23,24)21-9-5-16(6-10-21)17(22)19-15-18(7-3-2-4-8-18)20-11-13-25-14-12-20/h16H,2-15H2,1H3,(H,19,22). The van der Waals surface area contributed by atoms with Gasteiger partial charge in [-0.1, -0.05) is 19.3 Å². The number of hydrogen-bond donors (Lipinski definition) is 1.